The highest BCUT2D eigenvalue weighted by Crippen LogP contribution is 2.36. The Morgan fingerprint density at radius 1 is 1.12 bits per heavy atom. The first-order valence-electron chi connectivity index (χ1n) is 11.5. The second-order valence-electron chi connectivity index (χ2n) is 8.97. The molecule has 1 saturated heterocycles. The summed E-state index contributed by atoms with van der Waals surface area (Å²) in [6.45, 7) is 3.16. The molecule has 1 atom stereocenters. The first-order chi connectivity index (χ1) is 15.8. The van der Waals surface area contributed by atoms with Crippen molar-refractivity contribution in [3.05, 3.63) is 59.4 Å². The molecule has 2 fully saturated rings. The number of amides is 1. The van der Waals surface area contributed by atoms with Gasteiger partial charge in [-0.1, -0.05) is 18.6 Å². The lowest BCUT2D eigenvalue weighted by molar-refractivity contribution is 0.0654. The molecule has 0 spiro atoms. The first-order valence-corrected chi connectivity index (χ1v) is 13.0. The normalized spacial score (nSPS) is 18.0. The molecule has 1 heterocycles. The minimum absolute atomic E-state index is 0.00759. The van der Waals surface area contributed by atoms with Gasteiger partial charge >= 0.3 is 0 Å². The summed E-state index contributed by atoms with van der Waals surface area (Å²) in [6, 6.07) is 11.2. The van der Waals surface area contributed by atoms with Crippen LogP contribution in [0, 0.1) is 11.7 Å². The van der Waals surface area contributed by atoms with Crippen LogP contribution in [0.1, 0.15) is 54.9 Å². The maximum atomic E-state index is 14.7. The van der Waals surface area contributed by atoms with Gasteiger partial charge in [0.25, 0.3) is 5.91 Å². The standard InChI is InChI=1S/C25H31FN2O4S/c1-18(20-8-9-20)28(17-19-6-11-22(32-2)12-7-19)25(29)21-10-13-23(26)24(16-21)33(30,31)27-14-4-3-5-15-27/h6-7,10-13,16,18,20H,3-5,8-9,14-15,17H2,1-2H3. The van der Waals surface area contributed by atoms with Gasteiger partial charge in [0.05, 0.1) is 7.11 Å². The smallest absolute Gasteiger partial charge is 0.254 e. The number of hydrogen-bond acceptors (Lipinski definition) is 4. The van der Waals surface area contributed by atoms with Gasteiger partial charge in [-0.2, -0.15) is 4.31 Å². The molecule has 4 rings (SSSR count). The SMILES string of the molecule is COc1ccc(CN(C(=O)c2ccc(F)c(S(=O)(=O)N3CCCCC3)c2)C(C)C2CC2)cc1. The van der Waals surface area contributed by atoms with Crippen LogP contribution in [0.25, 0.3) is 0 Å². The van der Waals surface area contributed by atoms with Crippen LogP contribution in [0.3, 0.4) is 0 Å². The number of ether oxygens (including phenoxy) is 1. The van der Waals surface area contributed by atoms with Gasteiger partial charge in [0.2, 0.25) is 10.0 Å². The second-order valence-corrected chi connectivity index (χ2v) is 10.9. The van der Waals surface area contributed by atoms with Gasteiger partial charge in [-0.15, -0.1) is 0 Å². The zero-order valence-electron chi connectivity index (χ0n) is 19.2. The number of nitrogens with zero attached hydrogens (tertiary/aromatic N) is 2. The summed E-state index contributed by atoms with van der Waals surface area (Å²) in [5.41, 5.74) is 1.13. The number of methoxy groups -OCH3 is 1. The zero-order chi connectivity index (χ0) is 23.6. The van der Waals surface area contributed by atoms with Crippen molar-refractivity contribution in [2.24, 2.45) is 5.92 Å². The van der Waals surface area contributed by atoms with Gasteiger partial charge < -0.3 is 9.64 Å². The third-order valence-corrected chi connectivity index (χ3v) is 8.59. The van der Waals surface area contributed by atoms with Gasteiger partial charge in [0.1, 0.15) is 16.5 Å². The van der Waals surface area contributed by atoms with Crippen LogP contribution in [0.4, 0.5) is 4.39 Å². The van der Waals surface area contributed by atoms with Gasteiger partial charge in [0, 0.05) is 31.2 Å². The van der Waals surface area contributed by atoms with Crippen molar-refractivity contribution in [3.63, 3.8) is 0 Å². The molecule has 2 aromatic carbocycles. The van der Waals surface area contributed by atoms with E-state index in [-0.39, 0.29) is 17.5 Å². The van der Waals surface area contributed by atoms with Crippen LogP contribution >= 0.6 is 0 Å². The first kappa shape index (κ1) is 23.7. The summed E-state index contributed by atoms with van der Waals surface area (Å²) in [4.78, 5) is 14.9. The number of sulfonamides is 1. The molecule has 0 radical (unpaired) electrons. The number of piperidine rings is 1. The molecule has 2 aromatic rings. The minimum Gasteiger partial charge on any atom is -0.497 e. The second kappa shape index (κ2) is 9.81. The molecule has 1 unspecified atom stereocenters. The quantitative estimate of drug-likeness (QED) is 0.567. The summed E-state index contributed by atoms with van der Waals surface area (Å²) in [7, 11) is -2.39. The molecule has 1 aliphatic carbocycles. The van der Waals surface area contributed by atoms with E-state index in [1.54, 1.807) is 12.0 Å². The third-order valence-electron chi connectivity index (χ3n) is 6.68. The molecular weight excluding hydrogens is 443 g/mol. The van der Waals surface area contributed by atoms with Crippen molar-refractivity contribution in [2.75, 3.05) is 20.2 Å². The van der Waals surface area contributed by atoms with Crippen molar-refractivity contribution < 1.29 is 22.3 Å². The molecule has 0 N–H and O–H groups in total. The average molecular weight is 475 g/mol. The van der Waals surface area contributed by atoms with Crippen LogP contribution in [-0.4, -0.2) is 49.8 Å². The molecule has 0 aromatic heterocycles. The lowest BCUT2D eigenvalue weighted by Gasteiger charge is -2.30. The van der Waals surface area contributed by atoms with Crippen LogP contribution in [0.15, 0.2) is 47.4 Å². The van der Waals surface area contributed by atoms with Gasteiger partial charge in [0.15, 0.2) is 0 Å². The van der Waals surface area contributed by atoms with Crippen molar-refractivity contribution in [2.45, 2.75) is 56.5 Å². The topological polar surface area (TPSA) is 66.9 Å². The van der Waals surface area contributed by atoms with Gasteiger partial charge in [-0.3, -0.25) is 4.79 Å². The van der Waals surface area contributed by atoms with E-state index in [0.29, 0.717) is 25.6 Å². The van der Waals surface area contributed by atoms with E-state index in [9.17, 15) is 17.6 Å². The fourth-order valence-corrected chi connectivity index (χ4v) is 6.01. The summed E-state index contributed by atoms with van der Waals surface area (Å²) in [5.74, 6) is 0.0385. The number of carbonyl (C=O) groups excluding carboxylic acids is 1. The van der Waals surface area contributed by atoms with E-state index < -0.39 is 20.7 Å². The maximum absolute atomic E-state index is 14.7. The lowest BCUT2D eigenvalue weighted by atomic mass is 10.1. The van der Waals surface area contributed by atoms with Crippen LogP contribution < -0.4 is 4.74 Å². The number of carbonyl (C=O) groups is 1. The monoisotopic (exact) mass is 474 g/mol. The summed E-state index contributed by atoms with van der Waals surface area (Å²) >= 11 is 0. The van der Waals surface area contributed by atoms with Crippen LogP contribution in [-0.2, 0) is 16.6 Å². The third kappa shape index (κ3) is 5.22. The largest absolute Gasteiger partial charge is 0.497 e. The molecule has 6 nitrogen and oxygen atoms in total. The van der Waals surface area contributed by atoms with E-state index in [2.05, 4.69) is 0 Å². The Balaban J connectivity index is 1.63. The Kier molecular flexibility index (Phi) is 7.05. The molecule has 1 saturated carbocycles. The highest BCUT2D eigenvalue weighted by molar-refractivity contribution is 7.89. The number of rotatable bonds is 8. The molecular formula is C25H31FN2O4S. The Hall–Kier alpha value is -2.45. The van der Waals surface area contributed by atoms with Gasteiger partial charge in [-0.05, 0) is 74.4 Å². The predicted octanol–water partition coefficient (Wildman–Crippen LogP) is 4.45. The van der Waals surface area contributed by atoms with Gasteiger partial charge in [-0.25, -0.2) is 12.8 Å². The van der Waals surface area contributed by atoms with Crippen LogP contribution in [0.5, 0.6) is 5.75 Å². The Bertz CT molecular complexity index is 1090. The zero-order valence-corrected chi connectivity index (χ0v) is 20.0. The Morgan fingerprint density at radius 2 is 1.79 bits per heavy atom. The summed E-state index contributed by atoms with van der Waals surface area (Å²) < 4.78 is 47.4. The number of benzene rings is 2. The maximum Gasteiger partial charge on any atom is 0.254 e. The fourth-order valence-electron chi connectivity index (χ4n) is 4.41. The molecule has 2 aliphatic rings. The number of hydrogen-bond donors (Lipinski definition) is 0. The van der Waals surface area contributed by atoms with E-state index in [0.717, 1.165) is 49.5 Å². The molecule has 0 bridgehead atoms. The van der Waals surface area contributed by atoms with Crippen molar-refractivity contribution in [1.29, 1.82) is 0 Å². The van der Waals surface area contributed by atoms with E-state index >= 15 is 0 Å². The van der Waals surface area contributed by atoms with Crippen molar-refractivity contribution in [3.8, 4) is 5.75 Å². The molecule has 178 valence electrons. The average Bonchev–Trinajstić information content (AvgIpc) is 3.68. The summed E-state index contributed by atoms with van der Waals surface area (Å²) in [5, 5.41) is 0. The van der Waals surface area contributed by atoms with E-state index in [4.69, 9.17) is 4.74 Å². The van der Waals surface area contributed by atoms with E-state index in [1.165, 1.54) is 16.4 Å². The Morgan fingerprint density at radius 3 is 2.39 bits per heavy atom. The highest BCUT2D eigenvalue weighted by Gasteiger charge is 2.36. The van der Waals surface area contributed by atoms with Crippen molar-refractivity contribution in [1.82, 2.24) is 9.21 Å². The number of halogens is 1. The minimum atomic E-state index is -3.99. The molecule has 8 heteroatoms. The fraction of sp³-hybridized carbons (Fsp3) is 0.480. The molecule has 33 heavy (non-hydrogen) atoms. The Labute approximate surface area is 195 Å². The van der Waals surface area contributed by atoms with E-state index in [1.807, 2.05) is 31.2 Å². The molecule has 1 amide bonds. The van der Waals surface area contributed by atoms with Crippen LogP contribution in [0.2, 0.25) is 0 Å². The molecule has 1 aliphatic heterocycles. The highest BCUT2D eigenvalue weighted by atomic mass is 32.2. The predicted molar refractivity (Wildman–Crippen MR) is 124 cm³/mol. The van der Waals surface area contributed by atoms with Crippen molar-refractivity contribution >= 4 is 15.9 Å². The summed E-state index contributed by atoms with van der Waals surface area (Å²) in [6.07, 6.45) is 4.60. The lowest BCUT2D eigenvalue weighted by Crippen LogP contribution is -2.40.